The fraction of sp³-hybridized carbons (Fsp3) is 0.241. The van der Waals surface area contributed by atoms with Crippen molar-refractivity contribution in [2.45, 2.75) is 26.4 Å². The number of rotatable bonds is 10. The van der Waals surface area contributed by atoms with Gasteiger partial charge >= 0.3 is 0 Å². The summed E-state index contributed by atoms with van der Waals surface area (Å²) in [6.45, 7) is 4.12. The van der Waals surface area contributed by atoms with Gasteiger partial charge in [-0.25, -0.2) is 0 Å². The summed E-state index contributed by atoms with van der Waals surface area (Å²) in [6.07, 6.45) is -0.669. The number of carbonyl (C=O) groups is 1. The summed E-state index contributed by atoms with van der Waals surface area (Å²) >= 11 is 0. The largest absolute Gasteiger partial charge is 0.493 e. The Balaban J connectivity index is 1.77. The fourth-order valence-corrected chi connectivity index (χ4v) is 3.93. The van der Waals surface area contributed by atoms with E-state index in [1.165, 1.54) is 14.2 Å². The van der Waals surface area contributed by atoms with Crippen molar-refractivity contribution in [1.29, 1.82) is 0 Å². The summed E-state index contributed by atoms with van der Waals surface area (Å²) in [6, 6.07) is 19.2. The van der Waals surface area contributed by atoms with Crippen LogP contribution in [-0.2, 0) is 4.79 Å². The predicted octanol–water partition coefficient (Wildman–Crippen LogP) is 5.67. The molecule has 0 aliphatic carbocycles. The number of fused-ring (bicyclic) bond motifs is 1. The van der Waals surface area contributed by atoms with Crippen molar-refractivity contribution in [2.75, 3.05) is 26.1 Å². The fourth-order valence-electron chi connectivity index (χ4n) is 3.93. The van der Waals surface area contributed by atoms with Crippen LogP contribution >= 0.6 is 0 Å². The van der Waals surface area contributed by atoms with Gasteiger partial charge < -0.3 is 28.7 Å². The quantitative estimate of drug-likeness (QED) is 0.298. The zero-order valence-electron chi connectivity index (χ0n) is 21.2. The van der Waals surface area contributed by atoms with Gasteiger partial charge in [0.1, 0.15) is 11.3 Å². The molecule has 0 aliphatic heterocycles. The van der Waals surface area contributed by atoms with Crippen molar-refractivity contribution >= 4 is 22.6 Å². The molecule has 0 fully saturated rings. The number of nitrogens with one attached hydrogen (secondary N) is 1. The van der Waals surface area contributed by atoms with Crippen molar-refractivity contribution in [3.63, 3.8) is 0 Å². The minimum Gasteiger partial charge on any atom is -0.493 e. The van der Waals surface area contributed by atoms with Gasteiger partial charge in [-0.2, -0.15) is 0 Å². The first-order valence-corrected chi connectivity index (χ1v) is 12.0. The Hall–Kier alpha value is -4.46. The second kappa shape index (κ2) is 11.5. The maximum Gasteiger partial charge on any atom is 0.265 e. The molecule has 37 heavy (non-hydrogen) atoms. The van der Waals surface area contributed by atoms with Crippen LogP contribution in [0.1, 0.15) is 20.3 Å². The average molecular weight is 504 g/mol. The van der Waals surface area contributed by atoms with Gasteiger partial charge in [-0.3, -0.25) is 9.59 Å². The zero-order valence-corrected chi connectivity index (χ0v) is 21.2. The van der Waals surface area contributed by atoms with E-state index in [-0.39, 0.29) is 16.9 Å². The van der Waals surface area contributed by atoms with Gasteiger partial charge in [0.2, 0.25) is 11.2 Å². The first-order valence-electron chi connectivity index (χ1n) is 12.0. The maximum absolute atomic E-state index is 13.6. The van der Waals surface area contributed by atoms with Gasteiger partial charge in [0, 0.05) is 5.56 Å². The summed E-state index contributed by atoms with van der Waals surface area (Å²) in [7, 11) is 3.06. The molecule has 1 N–H and O–H groups in total. The van der Waals surface area contributed by atoms with Crippen LogP contribution < -0.4 is 29.7 Å². The Morgan fingerprint density at radius 2 is 1.65 bits per heavy atom. The molecule has 4 aromatic rings. The molecule has 3 aromatic carbocycles. The maximum atomic E-state index is 13.6. The number of ether oxygens (including phenoxy) is 4. The molecule has 0 radical (unpaired) electrons. The molecule has 192 valence electrons. The number of amides is 1. The number of hydrogen-bond donors (Lipinski definition) is 1. The van der Waals surface area contributed by atoms with Crippen molar-refractivity contribution in [3.8, 4) is 34.3 Å². The van der Waals surface area contributed by atoms with E-state index in [1.807, 2.05) is 13.0 Å². The number of hydrogen-bond acceptors (Lipinski definition) is 7. The summed E-state index contributed by atoms with van der Waals surface area (Å²) in [5, 5.41) is 3.20. The minimum absolute atomic E-state index is 0.0639. The molecule has 1 atom stereocenters. The average Bonchev–Trinajstić information content (AvgIpc) is 2.93. The third kappa shape index (κ3) is 5.38. The highest BCUT2D eigenvalue weighted by Gasteiger charge is 2.26. The topological polar surface area (TPSA) is 96.2 Å². The molecule has 0 aliphatic rings. The SMILES string of the molecule is CCOc1ccccc1NC(=O)C(CC)Oc1c(-c2ccc(OC)c(OC)c2)oc2ccccc2c1=O. The Morgan fingerprint density at radius 3 is 2.38 bits per heavy atom. The molecule has 1 aromatic heterocycles. The van der Waals surface area contributed by atoms with Crippen LogP contribution in [0.5, 0.6) is 23.0 Å². The Bertz CT molecular complexity index is 1460. The van der Waals surface area contributed by atoms with Gasteiger partial charge in [0.15, 0.2) is 23.4 Å². The van der Waals surface area contributed by atoms with Crippen molar-refractivity contribution < 1.29 is 28.2 Å². The van der Waals surface area contributed by atoms with E-state index >= 15 is 0 Å². The molecule has 8 heteroatoms. The first kappa shape index (κ1) is 25.6. The van der Waals surface area contributed by atoms with Crippen molar-refractivity contribution in [2.24, 2.45) is 0 Å². The normalized spacial score (nSPS) is 11.6. The first-order chi connectivity index (χ1) is 18.0. The number of anilines is 1. The molecule has 0 spiro atoms. The molecule has 1 amide bonds. The minimum atomic E-state index is -0.974. The summed E-state index contributed by atoms with van der Waals surface area (Å²) in [4.78, 5) is 26.8. The Labute approximate surface area is 214 Å². The van der Waals surface area contributed by atoms with E-state index in [9.17, 15) is 9.59 Å². The smallest absolute Gasteiger partial charge is 0.265 e. The van der Waals surface area contributed by atoms with Crippen LogP contribution in [-0.4, -0.2) is 32.8 Å². The van der Waals surface area contributed by atoms with E-state index in [0.29, 0.717) is 52.5 Å². The van der Waals surface area contributed by atoms with E-state index < -0.39 is 12.0 Å². The molecule has 4 rings (SSSR count). The van der Waals surface area contributed by atoms with Crippen LogP contribution in [0.25, 0.3) is 22.3 Å². The number of carbonyl (C=O) groups excluding carboxylic acids is 1. The highest BCUT2D eigenvalue weighted by atomic mass is 16.5. The van der Waals surface area contributed by atoms with Crippen LogP contribution in [0.15, 0.2) is 75.9 Å². The molecule has 0 saturated carbocycles. The zero-order chi connectivity index (χ0) is 26.4. The number of methoxy groups -OCH3 is 2. The lowest BCUT2D eigenvalue weighted by Gasteiger charge is -2.20. The molecule has 8 nitrogen and oxygen atoms in total. The van der Waals surface area contributed by atoms with Gasteiger partial charge in [-0.1, -0.05) is 31.2 Å². The third-order valence-electron chi connectivity index (χ3n) is 5.77. The monoisotopic (exact) mass is 503 g/mol. The van der Waals surface area contributed by atoms with E-state index in [0.717, 1.165) is 0 Å². The third-order valence-corrected chi connectivity index (χ3v) is 5.77. The number of para-hydroxylation sites is 3. The molecule has 0 bridgehead atoms. The lowest BCUT2D eigenvalue weighted by molar-refractivity contribution is -0.122. The van der Waals surface area contributed by atoms with Crippen LogP contribution in [0.2, 0.25) is 0 Å². The molecule has 1 unspecified atom stereocenters. The lowest BCUT2D eigenvalue weighted by atomic mass is 10.1. The van der Waals surface area contributed by atoms with Gasteiger partial charge in [0.25, 0.3) is 5.91 Å². The van der Waals surface area contributed by atoms with Crippen molar-refractivity contribution in [1.82, 2.24) is 0 Å². The predicted molar refractivity (Wildman–Crippen MR) is 142 cm³/mol. The summed E-state index contributed by atoms with van der Waals surface area (Å²) in [5.41, 5.74) is 1.06. The molecular formula is C29H29NO7. The Kier molecular flexibility index (Phi) is 7.98. The molecular weight excluding hydrogens is 474 g/mol. The van der Waals surface area contributed by atoms with Gasteiger partial charge in [-0.15, -0.1) is 0 Å². The van der Waals surface area contributed by atoms with Gasteiger partial charge in [0.05, 0.1) is 31.9 Å². The Morgan fingerprint density at radius 1 is 0.919 bits per heavy atom. The lowest BCUT2D eigenvalue weighted by Crippen LogP contribution is -2.34. The standard InChI is InChI=1S/C29H29NO7/c1-5-21(29(32)30-20-12-8-10-14-23(20)35-6-2)36-28-26(31)19-11-7-9-13-22(19)37-27(28)18-15-16-24(33-3)25(17-18)34-4/h7-17,21H,5-6H2,1-4H3,(H,30,32). The van der Waals surface area contributed by atoms with Crippen LogP contribution in [0, 0.1) is 0 Å². The molecule has 0 saturated heterocycles. The number of benzene rings is 3. The summed E-state index contributed by atoms with van der Waals surface area (Å²) < 4.78 is 28.7. The highest BCUT2D eigenvalue weighted by Crippen LogP contribution is 2.37. The van der Waals surface area contributed by atoms with Crippen LogP contribution in [0.3, 0.4) is 0 Å². The van der Waals surface area contributed by atoms with E-state index in [1.54, 1.807) is 67.6 Å². The van der Waals surface area contributed by atoms with Crippen molar-refractivity contribution in [3.05, 3.63) is 77.0 Å². The van der Waals surface area contributed by atoms with Crippen LogP contribution in [0.4, 0.5) is 5.69 Å². The second-order valence-electron chi connectivity index (χ2n) is 8.09. The highest BCUT2D eigenvalue weighted by molar-refractivity contribution is 5.96. The van der Waals surface area contributed by atoms with Gasteiger partial charge in [-0.05, 0) is 55.8 Å². The molecule has 1 heterocycles. The second-order valence-corrected chi connectivity index (χ2v) is 8.09. The summed E-state index contributed by atoms with van der Waals surface area (Å²) in [5.74, 6) is 1.23. The van der Waals surface area contributed by atoms with E-state index in [2.05, 4.69) is 5.32 Å². The van der Waals surface area contributed by atoms with E-state index in [4.69, 9.17) is 23.4 Å².